The van der Waals surface area contributed by atoms with Crippen LogP contribution < -0.4 is 10.6 Å². The third-order valence-corrected chi connectivity index (χ3v) is 3.72. The van der Waals surface area contributed by atoms with E-state index in [4.69, 9.17) is 4.52 Å². The van der Waals surface area contributed by atoms with Crippen molar-refractivity contribution in [1.29, 1.82) is 0 Å². The monoisotopic (exact) mass is 252 g/mol. The summed E-state index contributed by atoms with van der Waals surface area (Å²) in [4.78, 5) is 16.4. The summed E-state index contributed by atoms with van der Waals surface area (Å²) in [6.45, 7) is 7.87. The van der Waals surface area contributed by atoms with Gasteiger partial charge in [-0.15, -0.1) is 0 Å². The number of nitrogens with zero attached hydrogens (tertiary/aromatic N) is 2. The van der Waals surface area contributed by atoms with Gasteiger partial charge in [0.25, 0.3) is 0 Å². The van der Waals surface area contributed by atoms with E-state index in [1.54, 1.807) is 6.92 Å². The molecule has 1 saturated heterocycles. The van der Waals surface area contributed by atoms with E-state index < -0.39 is 0 Å². The maximum absolute atomic E-state index is 12.4. The summed E-state index contributed by atoms with van der Waals surface area (Å²) in [5.41, 5.74) is -0.307. The molecular weight excluding hydrogens is 232 g/mol. The van der Waals surface area contributed by atoms with Gasteiger partial charge in [0.15, 0.2) is 5.82 Å². The van der Waals surface area contributed by atoms with Crippen molar-refractivity contribution in [1.82, 2.24) is 20.8 Å². The van der Waals surface area contributed by atoms with Gasteiger partial charge in [-0.2, -0.15) is 4.98 Å². The molecule has 0 spiro atoms. The highest BCUT2D eigenvalue weighted by atomic mass is 16.5. The molecule has 6 heteroatoms. The zero-order valence-electron chi connectivity index (χ0n) is 11.1. The van der Waals surface area contributed by atoms with Crippen molar-refractivity contribution in [2.24, 2.45) is 11.3 Å². The topological polar surface area (TPSA) is 80.0 Å². The summed E-state index contributed by atoms with van der Waals surface area (Å²) < 4.78 is 4.87. The molecule has 2 rings (SSSR count). The van der Waals surface area contributed by atoms with Gasteiger partial charge in [-0.1, -0.05) is 19.0 Å². The molecule has 18 heavy (non-hydrogen) atoms. The number of carbonyl (C=O) groups excluding carboxylic acids is 1. The fourth-order valence-electron chi connectivity index (χ4n) is 2.41. The van der Waals surface area contributed by atoms with E-state index in [-0.39, 0.29) is 11.3 Å². The van der Waals surface area contributed by atoms with Crippen molar-refractivity contribution in [2.75, 3.05) is 13.1 Å². The van der Waals surface area contributed by atoms with Crippen LogP contribution in [0.4, 0.5) is 0 Å². The number of amides is 1. The number of aryl methyl sites for hydroxylation is 1. The van der Waals surface area contributed by atoms with E-state index in [2.05, 4.69) is 34.6 Å². The molecule has 1 aromatic rings. The molecule has 1 aromatic heterocycles. The summed E-state index contributed by atoms with van der Waals surface area (Å²) in [6.07, 6.45) is 0.877. The molecule has 100 valence electrons. The van der Waals surface area contributed by atoms with Crippen LogP contribution in [-0.4, -0.2) is 29.1 Å². The van der Waals surface area contributed by atoms with Crippen LogP contribution in [0.25, 0.3) is 0 Å². The Morgan fingerprint density at radius 3 is 2.89 bits per heavy atom. The van der Waals surface area contributed by atoms with Crippen molar-refractivity contribution in [2.45, 2.75) is 33.7 Å². The van der Waals surface area contributed by atoms with Gasteiger partial charge in [-0.05, 0) is 18.9 Å². The maximum Gasteiger partial charge on any atom is 0.228 e. The second-order valence-corrected chi connectivity index (χ2v) is 5.15. The molecule has 0 saturated carbocycles. The predicted octanol–water partition coefficient (Wildman–Crippen LogP) is 0.630. The molecule has 1 aliphatic rings. The predicted molar refractivity (Wildman–Crippen MR) is 65.6 cm³/mol. The molecule has 1 atom stereocenters. The fourth-order valence-corrected chi connectivity index (χ4v) is 2.41. The van der Waals surface area contributed by atoms with E-state index in [1.807, 2.05) is 0 Å². The SMILES string of the molecule is Cc1nc(CNC(=O)C2(C(C)C)CCNC2)no1. The van der Waals surface area contributed by atoms with Crippen LogP contribution >= 0.6 is 0 Å². The average Bonchev–Trinajstić information content (AvgIpc) is 2.95. The summed E-state index contributed by atoms with van der Waals surface area (Å²) in [5.74, 6) is 1.41. The second kappa shape index (κ2) is 5.06. The first kappa shape index (κ1) is 13.0. The van der Waals surface area contributed by atoms with E-state index in [9.17, 15) is 4.79 Å². The Kier molecular flexibility index (Phi) is 3.65. The van der Waals surface area contributed by atoms with Gasteiger partial charge >= 0.3 is 0 Å². The molecule has 1 amide bonds. The average molecular weight is 252 g/mol. The zero-order valence-corrected chi connectivity index (χ0v) is 11.1. The van der Waals surface area contributed by atoms with Crippen LogP contribution in [0.3, 0.4) is 0 Å². The Hall–Kier alpha value is -1.43. The molecule has 0 aromatic carbocycles. The molecule has 2 heterocycles. The van der Waals surface area contributed by atoms with Gasteiger partial charge < -0.3 is 15.2 Å². The van der Waals surface area contributed by atoms with Crippen molar-refractivity contribution >= 4 is 5.91 Å². The standard InChI is InChI=1S/C12H20N4O2/c1-8(2)12(4-5-13-7-12)11(17)14-6-10-15-9(3)18-16-10/h8,13H,4-7H2,1-3H3,(H,14,17). The number of carbonyl (C=O) groups is 1. The highest BCUT2D eigenvalue weighted by Gasteiger charge is 2.43. The Morgan fingerprint density at radius 2 is 2.39 bits per heavy atom. The second-order valence-electron chi connectivity index (χ2n) is 5.15. The lowest BCUT2D eigenvalue weighted by molar-refractivity contribution is -0.132. The number of rotatable bonds is 4. The van der Waals surface area contributed by atoms with Crippen molar-refractivity contribution < 1.29 is 9.32 Å². The molecule has 1 fully saturated rings. The fraction of sp³-hybridized carbons (Fsp3) is 0.750. The van der Waals surface area contributed by atoms with E-state index in [0.29, 0.717) is 24.2 Å². The third-order valence-electron chi connectivity index (χ3n) is 3.72. The van der Waals surface area contributed by atoms with Crippen LogP contribution in [-0.2, 0) is 11.3 Å². The minimum atomic E-state index is -0.307. The first-order valence-corrected chi connectivity index (χ1v) is 6.33. The first-order chi connectivity index (χ1) is 8.54. The quantitative estimate of drug-likeness (QED) is 0.821. The van der Waals surface area contributed by atoms with Gasteiger partial charge in [0.2, 0.25) is 11.8 Å². The van der Waals surface area contributed by atoms with E-state index >= 15 is 0 Å². The van der Waals surface area contributed by atoms with Crippen LogP contribution in [0.2, 0.25) is 0 Å². The lowest BCUT2D eigenvalue weighted by atomic mass is 9.75. The maximum atomic E-state index is 12.4. The van der Waals surface area contributed by atoms with Crippen molar-refractivity contribution in [3.8, 4) is 0 Å². The van der Waals surface area contributed by atoms with Crippen LogP contribution in [0.1, 0.15) is 32.0 Å². The number of hydrogen-bond acceptors (Lipinski definition) is 5. The number of nitrogens with one attached hydrogen (secondary N) is 2. The van der Waals surface area contributed by atoms with Gasteiger partial charge in [-0.25, -0.2) is 0 Å². The molecular formula is C12H20N4O2. The van der Waals surface area contributed by atoms with Crippen molar-refractivity contribution in [3.05, 3.63) is 11.7 Å². The molecule has 2 N–H and O–H groups in total. The normalized spacial score (nSPS) is 23.6. The first-order valence-electron chi connectivity index (χ1n) is 6.33. The molecule has 1 unspecified atom stereocenters. The number of aromatic nitrogens is 2. The Labute approximate surface area is 107 Å². The Balaban J connectivity index is 1.98. The lowest BCUT2D eigenvalue weighted by Crippen LogP contribution is -2.45. The highest BCUT2D eigenvalue weighted by molar-refractivity contribution is 5.83. The smallest absolute Gasteiger partial charge is 0.228 e. The summed E-state index contributed by atoms with van der Waals surface area (Å²) in [5, 5.41) is 9.95. The zero-order chi connectivity index (χ0) is 13.2. The van der Waals surface area contributed by atoms with Gasteiger partial charge in [0.1, 0.15) is 0 Å². The summed E-state index contributed by atoms with van der Waals surface area (Å²) in [6, 6.07) is 0. The van der Waals surface area contributed by atoms with Gasteiger partial charge in [0, 0.05) is 13.5 Å². The number of hydrogen-bond donors (Lipinski definition) is 2. The third kappa shape index (κ3) is 2.38. The summed E-state index contributed by atoms with van der Waals surface area (Å²) >= 11 is 0. The summed E-state index contributed by atoms with van der Waals surface area (Å²) in [7, 11) is 0. The largest absolute Gasteiger partial charge is 0.348 e. The molecule has 0 aliphatic carbocycles. The lowest BCUT2D eigenvalue weighted by Gasteiger charge is -2.30. The van der Waals surface area contributed by atoms with E-state index in [1.165, 1.54) is 0 Å². The van der Waals surface area contributed by atoms with Crippen LogP contribution in [0.5, 0.6) is 0 Å². The van der Waals surface area contributed by atoms with Gasteiger partial charge in [-0.3, -0.25) is 4.79 Å². The van der Waals surface area contributed by atoms with Crippen LogP contribution in [0, 0.1) is 18.3 Å². The molecule has 6 nitrogen and oxygen atoms in total. The molecule has 1 aliphatic heterocycles. The van der Waals surface area contributed by atoms with E-state index in [0.717, 1.165) is 19.5 Å². The molecule has 0 bridgehead atoms. The Bertz CT molecular complexity index is 421. The minimum Gasteiger partial charge on any atom is -0.348 e. The Morgan fingerprint density at radius 1 is 1.61 bits per heavy atom. The minimum absolute atomic E-state index is 0.0740. The highest BCUT2D eigenvalue weighted by Crippen LogP contribution is 2.34. The van der Waals surface area contributed by atoms with Crippen molar-refractivity contribution in [3.63, 3.8) is 0 Å². The molecule has 0 radical (unpaired) electrons. The van der Waals surface area contributed by atoms with Gasteiger partial charge in [0.05, 0.1) is 12.0 Å². The van der Waals surface area contributed by atoms with Crippen LogP contribution in [0.15, 0.2) is 4.52 Å².